The summed E-state index contributed by atoms with van der Waals surface area (Å²) in [5.74, 6) is 0. The van der Waals surface area contributed by atoms with Crippen LogP contribution in [0, 0.1) is 6.92 Å². The van der Waals surface area contributed by atoms with Crippen LogP contribution in [-0.4, -0.2) is 16.3 Å². The Morgan fingerprint density at radius 2 is 2.00 bits per heavy atom. The molecule has 1 N–H and O–H groups in total. The number of halogens is 2. The summed E-state index contributed by atoms with van der Waals surface area (Å²) >= 11 is 12.1. The first-order valence-electron chi connectivity index (χ1n) is 6.69. The van der Waals surface area contributed by atoms with Gasteiger partial charge in [0.25, 0.3) is 0 Å². The summed E-state index contributed by atoms with van der Waals surface area (Å²) in [6.45, 7) is 4.99. The Labute approximate surface area is 129 Å². The van der Waals surface area contributed by atoms with Crippen LogP contribution in [0.25, 0.3) is 0 Å². The van der Waals surface area contributed by atoms with Crippen molar-refractivity contribution in [3.8, 4) is 0 Å². The van der Waals surface area contributed by atoms with Crippen molar-refractivity contribution in [3.63, 3.8) is 0 Å². The van der Waals surface area contributed by atoms with Crippen LogP contribution in [0.1, 0.15) is 29.9 Å². The molecule has 5 heteroatoms. The maximum Gasteiger partial charge on any atom is 0.0596 e. The zero-order valence-electron chi connectivity index (χ0n) is 12.0. The van der Waals surface area contributed by atoms with Gasteiger partial charge < -0.3 is 5.32 Å². The highest BCUT2D eigenvalue weighted by Crippen LogP contribution is 2.27. The summed E-state index contributed by atoms with van der Waals surface area (Å²) in [7, 11) is 1.97. The van der Waals surface area contributed by atoms with E-state index in [-0.39, 0.29) is 6.04 Å². The Hall–Kier alpha value is -1.03. The topological polar surface area (TPSA) is 29.9 Å². The fourth-order valence-corrected chi connectivity index (χ4v) is 2.65. The van der Waals surface area contributed by atoms with Gasteiger partial charge in [0, 0.05) is 25.2 Å². The number of hydrogen-bond donors (Lipinski definition) is 1. The lowest BCUT2D eigenvalue weighted by Gasteiger charge is -2.19. The third kappa shape index (κ3) is 3.54. The predicted molar refractivity (Wildman–Crippen MR) is 84.5 cm³/mol. The van der Waals surface area contributed by atoms with E-state index in [0.717, 1.165) is 24.2 Å². The Bertz CT molecular complexity index is 593. The zero-order valence-corrected chi connectivity index (χ0v) is 13.5. The van der Waals surface area contributed by atoms with Crippen molar-refractivity contribution in [2.75, 3.05) is 6.54 Å². The number of aryl methyl sites for hydroxylation is 2. The van der Waals surface area contributed by atoms with E-state index in [9.17, 15) is 0 Å². The van der Waals surface area contributed by atoms with E-state index in [1.165, 1.54) is 5.69 Å². The number of benzene rings is 1. The van der Waals surface area contributed by atoms with Crippen LogP contribution >= 0.6 is 23.2 Å². The second kappa shape index (κ2) is 6.61. The molecule has 0 aliphatic carbocycles. The van der Waals surface area contributed by atoms with Crippen molar-refractivity contribution in [1.82, 2.24) is 15.1 Å². The average Bonchev–Trinajstić information content (AvgIpc) is 2.71. The molecule has 1 heterocycles. The van der Waals surface area contributed by atoms with Gasteiger partial charge in [0.1, 0.15) is 0 Å². The summed E-state index contributed by atoms with van der Waals surface area (Å²) in [5, 5.41) is 9.06. The average molecular weight is 312 g/mol. The first kappa shape index (κ1) is 15.4. The zero-order chi connectivity index (χ0) is 14.7. The molecule has 2 rings (SSSR count). The fourth-order valence-electron chi connectivity index (χ4n) is 2.35. The maximum atomic E-state index is 6.12. The largest absolute Gasteiger partial charge is 0.310 e. The van der Waals surface area contributed by atoms with Crippen LogP contribution in [0.4, 0.5) is 0 Å². The summed E-state index contributed by atoms with van der Waals surface area (Å²) in [6, 6.07) is 8.11. The molecule has 108 valence electrons. The SMILES string of the molecule is CCNC(Cc1cc(C)nn1C)c1ccc(Cl)c(Cl)c1. The molecule has 0 fully saturated rings. The molecule has 0 bridgehead atoms. The molecule has 3 nitrogen and oxygen atoms in total. The first-order valence-corrected chi connectivity index (χ1v) is 7.44. The van der Waals surface area contributed by atoms with Crippen molar-refractivity contribution < 1.29 is 0 Å². The number of nitrogens with zero attached hydrogens (tertiary/aromatic N) is 2. The lowest BCUT2D eigenvalue weighted by molar-refractivity contribution is 0.529. The normalized spacial score (nSPS) is 12.7. The van der Waals surface area contributed by atoms with Gasteiger partial charge in [0.15, 0.2) is 0 Å². The maximum absolute atomic E-state index is 6.12. The second-order valence-electron chi connectivity index (χ2n) is 4.89. The molecule has 0 amide bonds. The van der Waals surface area contributed by atoms with Crippen LogP contribution in [0.15, 0.2) is 24.3 Å². The molecular weight excluding hydrogens is 293 g/mol. The van der Waals surface area contributed by atoms with Crippen molar-refractivity contribution in [1.29, 1.82) is 0 Å². The lowest BCUT2D eigenvalue weighted by atomic mass is 10.0. The minimum atomic E-state index is 0.199. The molecule has 1 aromatic carbocycles. The van der Waals surface area contributed by atoms with Crippen molar-refractivity contribution in [3.05, 3.63) is 51.3 Å². The molecule has 0 saturated carbocycles. The summed E-state index contributed by atoms with van der Waals surface area (Å²) in [5.41, 5.74) is 3.37. The Kier molecular flexibility index (Phi) is 5.08. The highest BCUT2D eigenvalue weighted by atomic mass is 35.5. The van der Waals surface area contributed by atoms with Gasteiger partial charge in [0.2, 0.25) is 0 Å². The summed E-state index contributed by atoms with van der Waals surface area (Å²) in [4.78, 5) is 0. The number of hydrogen-bond acceptors (Lipinski definition) is 2. The van der Waals surface area contributed by atoms with E-state index in [1.807, 2.05) is 36.9 Å². The molecule has 1 unspecified atom stereocenters. The highest BCUT2D eigenvalue weighted by molar-refractivity contribution is 6.42. The van der Waals surface area contributed by atoms with Gasteiger partial charge in [-0.2, -0.15) is 5.10 Å². The van der Waals surface area contributed by atoms with Crippen LogP contribution in [-0.2, 0) is 13.5 Å². The van der Waals surface area contributed by atoms with Gasteiger partial charge in [-0.05, 0) is 37.2 Å². The van der Waals surface area contributed by atoms with Crippen molar-refractivity contribution in [2.24, 2.45) is 7.05 Å². The van der Waals surface area contributed by atoms with E-state index < -0.39 is 0 Å². The standard InChI is InChI=1S/C15H19Cl2N3/c1-4-18-15(9-12-7-10(2)19-20(12)3)11-5-6-13(16)14(17)8-11/h5-8,15,18H,4,9H2,1-3H3. The number of nitrogens with one attached hydrogen (secondary N) is 1. The molecular formula is C15H19Cl2N3. The van der Waals surface area contributed by atoms with Crippen molar-refractivity contribution in [2.45, 2.75) is 26.3 Å². The molecule has 1 atom stereocenters. The minimum absolute atomic E-state index is 0.199. The van der Waals surface area contributed by atoms with E-state index in [0.29, 0.717) is 10.0 Å². The summed E-state index contributed by atoms with van der Waals surface area (Å²) in [6.07, 6.45) is 0.864. The van der Waals surface area contributed by atoms with E-state index in [4.69, 9.17) is 23.2 Å². The molecule has 1 aromatic heterocycles. The van der Waals surface area contributed by atoms with Crippen LogP contribution < -0.4 is 5.32 Å². The molecule has 0 aliphatic heterocycles. The van der Waals surface area contributed by atoms with Crippen LogP contribution in [0.5, 0.6) is 0 Å². The smallest absolute Gasteiger partial charge is 0.0596 e. The number of likely N-dealkylation sites (N-methyl/N-ethyl adjacent to an activating group) is 1. The number of rotatable bonds is 5. The van der Waals surface area contributed by atoms with Gasteiger partial charge in [0.05, 0.1) is 15.7 Å². The predicted octanol–water partition coefficient (Wildman–Crippen LogP) is 3.93. The molecule has 0 spiro atoms. The van der Waals surface area contributed by atoms with Gasteiger partial charge in [-0.15, -0.1) is 0 Å². The monoisotopic (exact) mass is 311 g/mol. The third-order valence-corrected chi connectivity index (χ3v) is 4.05. The van der Waals surface area contributed by atoms with E-state index in [1.54, 1.807) is 0 Å². The molecule has 0 saturated heterocycles. The molecule has 0 radical (unpaired) electrons. The third-order valence-electron chi connectivity index (χ3n) is 3.31. The van der Waals surface area contributed by atoms with E-state index in [2.05, 4.69) is 23.4 Å². The molecule has 0 aliphatic rings. The van der Waals surface area contributed by atoms with Gasteiger partial charge in [-0.3, -0.25) is 4.68 Å². The Morgan fingerprint density at radius 3 is 2.55 bits per heavy atom. The fraction of sp³-hybridized carbons (Fsp3) is 0.400. The Morgan fingerprint density at radius 1 is 1.25 bits per heavy atom. The van der Waals surface area contributed by atoms with Crippen LogP contribution in [0.2, 0.25) is 10.0 Å². The van der Waals surface area contributed by atoms with Crippen molar-refractivity contribution >= 4 is 23.2 Å². The van der Waals surface area contributed by atoms with Gasteiger partial charge in [-0.25, -0.2) is 0 Å². The lowest BCUT2D eigenvalue weighted by Crippen LogP contribution is -2.23. The quantitative estimate of drug-likeness (QED) is 0.906. The molecule has 2 aromatic rings. The van der Waals surface area contributed by atoms with Gasteiger partial charge >= 0.3 is 0 Å². The first-order chi connectivity index (χ1) is 9.51. The summed E-state index contributed by atoms with van der Waals surface area (Å²) < 4.78 is 1.93. The minimum Gasteiger partial charge on any atom is -0.310 e. The van der Waals surface area contributed by atoms with E-state index >= 15 is 0 Å². The Balaban J connectivity index is 2.26. The highest BCUT2D eigenvalue weighted by Gasteiger charge is 2.15. The molecule has 20 heavy (non-hydrogen) atoms. The van der Waals surface area contributed by atoms with Gasteiger partial charge in [-0.1, -0.05) is 36.2 Å². The van der Waals surface area contributed by atoms with Crippen LogP contribution in [0.3, 0.4) is 0 Å². The second-order valence-corrected chi connectivity index (χ2v) is 5.70. The number of aromatic nitrogens is 2.